The van der Waals surface area contributed by atoms with Crippen molar-refractivity contribution in [3.63, 3.8) is 0 Å². The molecule has 6 heteroatoms. The molecule has 28 heavy (non-hydrogen) atoms. The van der Waals surface area contributed by atoms with Gasteiger partial charge in [-0.05, 0) is 56.0 Å². The van der Waals surface area contributed by atoms with Gasteiger partial charge < -0.3 is 9.64 Å². The third-order valence-electron chi connectivity index (χ3n) is 6.08. The van der Waals surface area contributed by atoms with E-state index in [-0.39, 0.29) is 0 Å². The average molecular weight is 375 g/mol. The first-order valence-electron chi connectivity index (χ1n) is 10.4. The monoisotopic (exact) mass is 375 g/mol. The van der Waals surface area contributed by atoms with Gasteiger partial charge in [-0.2, -0.15) is 5.10 Å². The molecule has 3 aromatic rings. The Morgan fingerprint density at radius 2 is 1.82 bits per heavy atom. The largest absolute Gasteiger partial charge is 0.490 e. The third kappa shape index (κ3) is 3.11. The summed E-state index contributed by atoms with van der Waals surface area (Å²) in [6.45, 7) is 4.38. The van der Waals surface area contributed by atoms with Crippen molar-refractivity contribution in [1.29, 1.82) is 0 Å². The van der Waals surface area contributed by atoms with E-state index in [2.05, 4.69) is 43.2 Å². The predicted octanol–water partition coefficient (Wildman–Crippen LogP) is 3.45. The van der Waals surface area contributed by atoms with E-state index in [1.807, 2.05) is 18.3 Å². The minimum absolute atomic E-state index is 0.398. The highest BCUT2D eigenvalue weighted by Gasteiger charge is 2.31. The van der Waals surface area contributed by atoms with Crippen molar-refractivity contribution in [2.45, 2.75) is 37.8 Å². The van der Waals surface area contributed by atoms with Crippen LogP contribution in [0.15, 0.2) is 36.5 Å². The molecule has 2 aliphatic carbocycles. The molecule has 6 nitrogen and oxygen atoms in total. The lowest BCUT2D eigenvalue weighted by atomic mass is 10.1. The van der Waals surface area contributed by atoms with Crippen LogP contribution in [-0.4, -0.2) is 58.4 Å². The number of H-pyrrole nitrogens is 1. The van der Waals surface area contributed by atoms with Crippen LogP contribution in [0, 0.1) is 0 Å². The van der Waals surface area contributed by atoms with Gasteiger partial charge in [0.1, 0.15) is 17.3 Å². The summed E-state index contributed by atoms with van der Waals surface area (Å²) in [5.41, 5.74) is 3.11. The highest BCUT2D eigenvalue weighted by Crippen LogP contribution is 2.33. The maximum absolute atomic E-state index is 5.98. The predicted molar refractivity (Wildman–Crippen MR) is 110 cm³/mol. The fourth-order valence-electron chi connectivity index (χ4n) is 4.16. The topological polar surface area (TPSA) is 57.3 Å². The molecule has 0 amide bonds. The average Bonchev–Trinajstić information content (AvgIpc) is 3.67. The molecule has 1 aromatic carbocycles. The molecule has 1 aliphatic heterocycles. The fraction of sp³-hybridized carbons (Fsp3) is 0.455. The molecule has 0 bridgehead atoms. The quantitative estimate of drug-likeness (QED) is 0.740. The van der Waals surface area contributed by atoms with Crippen LogP contribution in [0.25, 0.3) is 22.2 Å². The normalized spacial score (nSPS) is 20.6. The van der Waals surface area contributed by atoms with Gasteiger partial charge in [0.2, 0.25) is 0 Å². The molecule has 0 radical (unpaired) electrons. The summed E-state index contributed by atoms with van der Waals surface area (Å²) in [5.74, 6) is 1.98. The van der Waals surface area contributed by atoms with Gasteiger partial charge in [-0.1, -0.05) is 0 Å². The Morgan fingerprint density at radius 1 is 0.964 bits per heavy atom. The number of aromatic nitrogens is 3. The molecule has 3 fully saturated rings. The van der Waals surface area contributed by atoms with Crippen LogP contribution < -0.4 is 9.64 Å². The number of nitrogens with zero attached hydrogens (tertiary/aromatic N) is 4. The Labute approximate surface area is 164 Å². The molecule has 2 saturated carbocycles. The Kier molecular flexibility index (Phi) is 3.79. The van der Waals surface area contributed by atoms with Crippen molar-refractivity contribution in [2.75, 3.05) is 31.1 Å². The highest BCUT2D eigenvalue weighted by molar-refractivity contribution is 5.94. The van der Waals surface area contributed by atoms with E-state index in [9.17, 15) is 0 Å². The Balaban J connectivity index is 1.27. The van der Waals surface area contributed by atoms with Crippen molar-refractivity contribution in [3.8, 4) is 17.0 Å². The van der Waals surface area contributed by atoms with Gasteiger partial charge in [0.05, 0.1) is 11.6 Å². The SMILES string of the molecule is c1cc(-c2n[nH]c3ccc(OC4CC4)cc23)cc(N2CCN(C3CC3)CC2)n1. The summed E-state index contributed by atoms with van der Waals surface area (Å²) in [5, 5.41) is 8.86. The number of anilines is 1. The van der Waals surface area contributed by atoms with Crippen LogP contribution in [0.2, 0.25) is 0 Å². The highest BCUT2D eigenvalue weighted by atomic mass is 16.5. The van der Waals surface area contributed by atoms with Crippen LogP contribution in [0.4, 0.5) is 5.82 Å². The molecule has 6 rings (SSSR count). The molecular formula is C22H25N5O. The second-order valence-corrected chi connectivity index (χ2v) is 8.25. The summed E-state index contributed by atoms with van der Waals surface area (Å²) in [6.07, 6.45) is 7.40. The van der Waals surface area contributed by atoms with Crippen LogP contribution in [0.3, 0.4) is 0 Å². The van der Waals surface area contributed by atoms with Crippen LogP contribution in [0.5, 0.6) is 5.75 Å². The van der Waals surface area contributed by atoms with Crippen LogP contribution in [0.1, 0.15) is 25.7 Å². The van der Waals surface area contributed by atoms with Crippen molar-refractivity contribution in [2.24, 2.45) is 0 Å². The number of benzene rings is 1. The number of ether oxygens (including phenoxy) is 1. The Hall–Kier alpha value is -2.60. The zero-order valence-corrected chi connectivity index (χ0v) is 16.0. The number of aromatic amines is 1. The molecule has 3 heterocycles. The maximum Gasteiger partial charge on any atom is 0.129 e. The van der Waals surface area contributed by atoms with E-state index in [1.54, 1.807) is 0 Å². The minimum Gasteiger partial charge on any atom is -0.490 e. The fourth-order valence-corrected chi connectivity index (χ4v) is 4.16. The summed E-state index contributed by atoms with van der Waals surface area (Å²) in [6, 6.07) is 11.3. The molecule has 0 atom stereocenters. The first kappa shape index (κ1) is 16.4. The van der Waals surface area contributed by atoms with Gasteiger partial charge in [0, 0.05) is 49.4 Å². The Bertz CT molecular complexity index is 999. The minimum atomic E-state index is 0.398. The van der Waals surface area contributed by atoms with Crippen molar-refractivity contribution < 1.29 is 4.74 Å². The van der Waals surface area contributed by atoms with Crippen molar-refractivity contribution in [3.05, 3.63) is 36.5 Å². The standard InChI is InChI=1S/C22H25N5O/c1-2-16(1)26-9-11-27(12-10-26)21-13-15(7-8-23-21)22-19-14-18(28-17-3-4-17)5-6-20(19)24-25-22/h5-8,13-14,16-17H,1-4,9-12H2,(H,24,25). The lowest BCUT2D eigenvalue weighted by molar-refractivity contribution is 0.247. The molecular weight excluding hydrogens is 350 g/mol. The lowest BCUT2D eigenvalue weighted by Crippen LogP contribution is -2.47. The molecule has 0 unspecified atom stereocenters. The van der Waals surface area contributed by atoms with Gasteiger partial charge in [-0.25, -0.2) is 4.98 Å². The van der Waals surface area contributed by atoms with E-state index in [0.717, 1.165) is 78.8 Å². The number of fused-ring (bicyclic) bond motifs is 1. The summed E-state index contributed by atoms with van der Waals surface area (Å²) in [4.78, 5) is 9.68. The molecule has 144 valence electrons. The molecule has 0 spiro atoms. The van der Waals surface area contributed by atoms with Crippen molar-refractivity contribution in [1.82, 2.24) is 20.1 Å². The van der Waals surface area contributed by atoms with E-state index < -0.39 is 0 Å². The van der Waals surface area contributed by atoms with Gasteiger partial charge in [0.15, 0.2) is 0 Å². The zero-order chi connectivity index (χ0) is 18.5. The van der Waals surface area contributed by atoms with Gasteiger partial charge in [-0.15, -0.1) is 0 Å². The van der Waals surface area contributed by atoms with E-state index in [1.165, 1.54) is 12.8 Å². The van der Waals surface area contributed by atoms with E-state index >= 15 is 0 Å². The smallest absolute Gasteiger partial charge is 0.129 e. The molecule has 1 N–H and O–H groups in total. The molecule has 2 aromatic heterocycles. The molecule has 3 aliphatic rings. The number of rotatable bonds is 5. The number of nitrogens with one attached hydrogen (secondary N) is 1. The summed E-state index contributed by atoms with van der Waals surface area (Å²) >= 11 is 0. The summed E-state index contributed by atoms with van der Waals surface area (Å²) in [7, 11) is 0. The first-order valence-corrected chi connectivity index (χ1v) is 10.4. The number of hydrogen-bond acceptors (Lipinski definition) is 5. The van der Waals surface area contributed by atoms with Gasteiger partial charge in [0.25, 0.3) is 0 Å². The zero-order valence-electron chi connectivity index (χ0n) is 16.0. The van der Waals surface area contributed by atoms with E-state index in [4.69, 9.17) is 4.74 Å². The van der Waals surface area contributed by atoms with Crippen LogP contribution >= 0.6 is 0 Å². The van der Waals surface area contributed by atoms with Gasteiger partial charge in [-0.3, -0.25) is 10.00 Å². The van der Waals surface area contributed by atoms with Crippen LogP contribution in [-0.2, 0) is 0 Å². The Morgan fingerprint density at radius 3 is 2.61 bits per heavy atom. The maximum atomic E-state index is 5.98. The van der Waals surface area contributed by atoms with Gasteiger partial charge >= 0.3 is 0 Å². The number of piperazine rings is 1. The third-order valence-corrected chi connectivity index (χ3v) is 6.08. The van der Waals surface area contributed by atoms with E-state index in [0.29, 0.717) is 6.10 Å². The first-order chi connectivity index (χ1) is 13.8. The second kappa shape index (κ2) is 6.48. The number of hydrogen-bond donors (Lipinski definition) is 1. The second-order valence-electron chi connectivity index (χ2n) is 8.25. The lowest BCUT2D eigenvalue weighted by Gasteiger charge is -2.35. The summed E-state index contributed by atoms with van der Waals surface area (Å²) < 4.78 is 5.98. The molecule has 1 saturated heterocycles. The number of pyridine rings is 1. The van der Waals surface area contributed by atoms with Crippen molar-refractivity contribution >= 4 is 16.7 Å².